The van der Waals surface area contributed by atoms with Gasteiger partial charge in [-0.15, -0.1) is 0 Å². The second-order valence-corrected chi connectivity index (χ2v) is 8.13. The smallest absolute Gasteiger partial charge is 0.299 e. The van der Waals surface area contributed by atoms with Crippen molar-refractivity contribution in [3.63, 3.8) is 0 Å². The van der Waals surface area contributed by atoms with E-state index in [2.05, 4.69) is 36.1 Å². The number of nitrogens with one attached hydrogen (secondary N) is 1. The molecule has 1 atom stereocenters. The topological polar surface area (TPSA) is 29.1 Å². The predicted molar refractivity (Wildman–Crippen MR) is 101 cm³/mol. The number of rotatable bonds is 16. The second-order valence-electron chi connectivity index (χ2n) is 7.29. The quantitative estimate of drug-likeness (QED) is 0.358. The normalized spacial score (nSPS) is 12.5. The molecular formula is C20H41NOV. The molecule has 3 heteroatoms. The molecule has 0 aromatic rings. The van der Waals surface area contributed by atoms with Crippen LogP contribution >= 0.6 is 0 Å². The molecule has 0 aromatic heterocycles. The molecule has 0 aliphatic heterocycles. The summed E-state index contributed by atoms with van der Waals surface area (Å²) in [6.45, 7) is 9.66. The SMILES string of the molecule is CCC(C)CN[C](=[V])CCCCCCCCCCC(=O)C(C)C.[HH]. The van der Waals surface area contributed by atoms with Crippen LogP contribution in [0.15, 0.2) is 0 Å². The van der Waals surface area contributed by atoms with Crippen LogP contribution in [-0.4, -0.2) is 16.7 Å². The summed E-state index contributed by atoms with van der Waals surface area (Å²) in [4.78, 5) is 11.5. The average molecular weight is 362 g/mol. The molecule has 0 spiro atoms. The zero-order valence-corrected chi connectivity index (χ0v) is 17.4. The van der Waals surface area contributed by atoms with Crippen molar-refractivity contribution in [3.05, 3.63) is 0 Å². The average Bonchev–Trinajstić information content (AvgIpc) is 2.53. The summed E-state index contributed by atoms with van der Waals surface area (Å²) in [5.41, 5.74) is 0. The summed E-state index contributed by atoms with van der Waals surface area (Å²) in [7, 11) is 0. The first-order chi connectivity index (χ1) is 11.0. The number of carbonyl (C=O) groups excluding carboxylic acids is 1. The van der Waals surface area contributed by atoms with Crippen LogP contribution in [-0.2, 0) is 21.8 Å². The van der Waals surface area contributed by atoms with Gasteiger partial charge in [0.2, 0.25) is 0 Å². The third-order valence-corrected chi connectivity index (χ3v) is 5.18. The number of Topliss-reactive ketones (excluding diaryl/α,β-unsaturated/α-hetero) is 1. The Morgan fingerprint density at radius 2 is 1.39 bits per heavy atom. The summed E-state index contributed by atoms with van der Waals surface area (Å²) in [5, 5.41) is 3.54. The third-order valence-electron chi connectivity index (χ3n) is 4.58. The van der Waals surface area contributed by atoms with Gasteiger partial charge in [0.25, 0.3) is 0 Å². The number of hydrogen-bond donors (Lipinski definition) is 1. The summed E-state index contributed by atoms with van der Waals surface area (Å²) in [6, 6.07) is 0. The van der Waals surface area contributed by atoms with Gasteiger partial charge in [0.05, 0.1) is 0 Å². The van der Waals surface area contributed by atoms with Crippen LogP contribution in [0.5, 0.6) is 0 Å². The van der Waals surface area contributed by atoms with Gasteiger partial charge in [0, 0.05) is 7.34 Å². The van der Waals surface area contributed by atoms with E-state index in [4.69, 9.17) is 0 Å². The first-order valence-corrected chi connectivity index (χ1v) is 10.5. The summed E-state index contributed by atoms with van der Waals surface area (Å²) in [6.07, 6.45) is 13.5. The van der Waals surface area contributed by atoms with Crippen LogP contribution in [0.2, 0.25) is 0 Å². The minimum Gasteiger partial charge on any atom is -0.299 e. The monoisotopic (exact) mass is 362 g/mol. The van der Waals surface area contributed by atoms with Crippen LogP contribution < -0.4 is 5.32 Å². The van der Waals surface area contributed by atoms with Crippen molar-refractivity contribution in [2.45, 2.75) is 98.3 Å². The molecule has 137 valence electrons. The molecule has 0 rings (SSSR count). The molecule has 0 fully saturated rings. The van der Waals surface area contributed by atoms with E-state index in [9.17, 15) is 4.79 Å². The molecule has 0 aromatic carbocycles. The Labute approximate surface area is 155 Å². The van der Waals surface area contributed by atoms with Crippen LogP contribution in [0.25, 0.3) is 0 Å². The van der Waals surface area contributed by atoms with Crippen molar-refractivity contribution in [2.75, 3.05) is 6.54 Å². The molecular weight excluding hydrogens is 321 g/mol. The predicted octanol–water partition coefficient (Wildman–Crippen LogP) is 5.67. The van der Waals surface area contributed by atoms with Crippen molar-refractivity contribution >= 4 is 10.1 Å². The summed E-state index contributed by atoms with van der Waals surface area (Å²) < 4.78 is 1.40. The van der Waals surface area contributed by atoms with Crippen molar-refractivity contribution in [1.29, 1.82) is 0 Å². The van der Waals surface area contributed by atoms with Crippen molar-refractivity contribution in [3.8, 4) is 0 Å². The van der Waals surface area contributed by atoms with Crippen molar-refractivity contribution in [2.24, 2.45) is 11.8 Å². The van der Waals surface area contributed by atoms with Gasteiger partial charge in [-0.2, -0.15) is 0 Å². The van der Waals surface area contributed by atoms with E-state index in [1.165, 1.54) is 62.1 Å². The van der Waals surface area contributed by atoms with Gasteiger partial charge in [0.15, 0.2) is 0 Å². The second kappa shape index (κ2) is 15.6. The van der Waals surface area contributed by atoms with Gasteiger partial charge < -0.3 is 0 Å². The van der Waals surface area contributed by atoms with Gasteiger partial charge >= 0.3 is 129 Å². The van der Waals surface area contributed by atoms with E-state index in [0.29, 0.717) is 5.78 Å². The van der Waals surface area contributed by atoms with Crippen LogP contribution in [0.1, 0.15) is 99.8 Å². The minimum absolute atomic E-state index is 0. The van der Waals surface area contributed by atoms with Crippen LogP contribution in [0.4, 0.5) is 0 Å². The fourth-order valence-corrected chi connectivity index (χ4v) is 2.86. The fraction of sp³-hybridized carbons (Fsp3) is 0.900. The Kier molecular flexibility index (Phi) is 15.7. The van der Waals surface area contributed by atoms with Gasteiger partial charge in [-0.1, -0.05) is 13.8 Å². The zero-order valence-electron chi connectivity index (χ0n) is 16.0. The summed E-state index contributed by atoms with van der Waals surface area (Å²) >= 11 is 2.71. The van der Waals surface area contributed by atoms with Gasteiger partial charge in [0.1, 0.15) is 0 Å². The zero-order chi connectivity index (χ0) is 17.5. The molecule has 0 saturated heterocycles. The van der Waals surface area contributed by atoms with Crippen molar-refractivity contribution in [1.82, 2.24) is 5.32 Å². The molecule has 0 radical (unpaired) electrons. The molecule has 2 nitrogen and oxygen atoms in total. The Hall–Kier alpha value is 0.0844. The number of hydrogen-bond acceptors (Lipinski definition) is 2. The maximum atomic E-state index is 11.5. The van der Waals surface area contributed by atoms with E-state index < -0.39 is 0 Å². The Balaban J connectivity index is 0. The number of ketones is 1. The Morgan fingerprint density at radius 3 is 1.87 bits per heavy atom. The number of carbonyl (C=O) groups is 1. The van der Waals surface area contributed by atoms with Crippen molar-refractivity contribution < 1.29 is 23.2 Å². The Bertz CT molecular complexity index is 321. The molecule has 0 amide bonds. The molecule has 1 N–H and O–H groups in total. The first kappa shape index (κ1) is 23.1. The maximum absolute atomic E-state index is 11.5. The van der Waals surface area contributed by atoms with E-state index in [-0.39, 0.29) is 7.34 Å². The van der Waals surface area contributed by atoms with E-state index in [1.807, 2.05) is 13.8 Å². The molecule has 23 heavy (non-hydrogen) atoms. The van der Waals surface area contributed by atoms with Crippen LogP contribution in [0.3, 0.4) is 0 Å². The third kappa shape index (κ3) is 15.4. The number of unbranched alkanes of at least 4 members (excludes halogenated alkanes) is 7. The molecule has 0 aliphatic rings. The van der Waals surface area contributed by atoms with Gasteiger partial charge in [-0.3, -0.25) is 4.79 Å². The van der Waals surface area contributed by atoms with E-state index >= 15 is 0 Å². The van der Waals surface area contributed by atoms with Gasteiger partial charge in [-0.25, -0.2) is 0 Å². The van der Waals surface area contributed by atoms with E-state index in [0.717, 1.165) is 25.3 Å². The molecule has 1 unspecified atom stereocenters. The Morgan fingerprint density at radius 1 is 0.913 bits per heavy atom. The van der Waals surface area contributed by atoms with Crippen LogP contribution in [0, 0.1) is 11.8 Å². The molecule has 0 heterocycles. The standard InChI is InChI=1S/C20H39NO.V.H2/c1-5-19(4)17-21-16-14-12-10-8-6-7-9-11-13-15-20(22)18(2)3;;/h18-19,21H,5-15,17H2,1-4H3;;1H. The molecule has 0 saturated carbocycles. The van der Waals surface area contributed by atoms with E-state index in [1.54, 1.807) is 0 Å². The minimum atomic E-state index is 0. The van der Waals surface area contributed by atoms with Gasteiger partial charge in [-0.05, 0) is 0 Å². The molecule has 0 aliphatic carbocycles. The fourth-order valence-electron chi connectivity index (χ4n) is 2.47. The molecule has 0 bridgehead atoms. The first-order valence-electron chi connectivity index (χ1n) is 9.78. The summed E-state index contributed by atoms with van der Waals surface area (Å²) in [5.74, 6) is 1.41.